The highest BCUT2D eigenvalue weighted by Gasteiger charge is 2.24. The number of carbonyl (C=O) groups excluding carboxylic acids is 1. The van der Waals surface area contributed by atoms with Gasteiger partial charge in [0, 0.05) is 48.5 Å². The molecule has 1 fully saturated rings. The van der Waals surface area contributed by atoms with Crippen LogP contribution < -0.4 is 9.64 Å². The lowest BCUT2D eigenvalue weighted by molar-refractivity contribution is 0.0747. The molecule has 0 spiro atoms. The minimum atomic E-state index is 0.0599. The Morgan fingerprint density at radius 2 is 1.80 bits per heavy atom. The number of pyridine rings is 1. The highest BCUT2D eigenvalue weighted by Crippen LogP contribution is 2.34. The Labute approximate surface area is 181 Å². The maximum Gasteiger partial charge on any atom is 0.254 e. The van der Waals surface area contributed by atoms with Crippen molar-refractivity contribution in [2.45, 2.75) is 19.3 Å². The van der Waals surface area contributed by atoms with Gasteiger partial charge in [0.25, 0.3) is 5.91 Å². The summed E-state index contributed by atoms with van der Waals surface area (Å²) in [4.78, 5) is 22.1. The normalized spacial score (nSPS) is 16.1. The lowest BCUT2D eigenvalue weighted by Crippen LogP contribution is -2.48. The Morgan fingerprint density at radius 3 is 2.53 bits per heavy atom. The topological polar surface area (TPSA) is 45.7 Å². The molecule has 1 aromatic heterocycles. The van der Waals surface area contributed by atoms with Gasteiger partial charge in [-0.2, -0.15) is 0 Å². The van der Waals surface area contributed by atoms with Crippen molar-refractivity contribution in [2.24, 2.45) is 0 Å². The number of benzene rings is 2. The van der Waals surface area contributed by atoms with Crippen molar-refractivity contribution in [3.05, 3.63) is 64.3 Å². The molecule has 1 amide bonds. The first kappa shape index (κ1) is 19.2. The number of aryl methyl sites for hydroxylation is 1. The smallest absolute Gasteiger partial charge is 0.254 e. The summed E-state index contributed by atoms with van der Waals surface area (Å²) in [5.74, 6) is 0.910. The molecule has 1 saturated heterocycles. The number of amides is 1. The summed E-state index contributed by atoms with van der Waals surface area (Å²) in [5, 5.41) is 1.75. The van der Waals surface area contributed by atoms with E-state index in [1.165, 1.54) is 5.56 Å². The highest BCUT2D eigenvalue weighted by atomic mass is 35.5. The van der Waals surface area contributed by atoms with E-state index in [-0.39, 0.29) is 5.91 Å². The third kappa shape index (κ3) is 3.37. The summed E-state index contributed by atoms with van der Waals surface area (Å²) in [6.45, 7) is 3.01. The second kappa shape index (κ2) is 7.80. The van der Waals surface area contributed by atoms with E-state index in [4.69, 9.17) is 21.3 Å². The molecule has 5 rings (SSSR count). The first-order valence-corrected chi connectivity index (χ1v) is 10.8. The molecule has 2 aromatic carbocycles. The maximum atomic E-state index is 13.1. The molecule has 0 saturated carbocycles. The van der Waals surface area contributed by atoms with Gasteiger partial charge < -0.3 is 14.5 Å². The summed E-state index contributed by atoms with van der Waals surface area (Å²) in [7, 11) is 1.67. The predicted octanol–water partition coefficient (Wildman–Crippen LogP) is 4.35. The van der Waals surface area contributed by atoms with E-state index in [1.54, 1.807) is 7.11 Å². The standard InChI is InChI=1S/C24H24ClN3O2/c1-30-18-8-6-17(7-9-18)27-11-13-28(14-12-27)24(29)16-5-10-20-22(15-16)26-21-4-2-3-19(21)23(20)25/h5-10,15H,2-4,11-14H2,1H3. The Balaban J connectivity index is 1.31. The fourth-order valence-corrected chi connectivity index (χ4v) is 4.85. The van der Waals surface area contributed by atoms with Gasteiger partial charge in [-0.25, -0.2) is 0 Å². The van der Waals surface area contributed by atoms with E-state index in [9.17, 15) is 4.79 Å². The Hall–Kier alpha value is -2.79. The monoisotopic (exact) mass is 421 g/mol. The molecule has 0 radical (unpaired) electrons. The number of fused-ring (bicyclic) bond motifs is 2. The first-order chi connectivity index (χ1) is 14.6. The van der Waals surface area contributed by atoms with Crippen molar-refractivity contribution in [1.82, 2.24) is 9.88 Å². The van der Waals surface area contributed by atoms with E-state index in [1.807, 2.05) is 35.2 Å². The SMILES string of the molecule is COc1ccc(N2CCN(C(=O)c3ccc4c(Cl)c5c(nc4c3)CCC5)CC2)cc1. The molecule has 5 nitrogen and oxygen atoms in total. The van der Waals surface area contributed by atoms with Crippen LogP contribution >= 0.6 is 11.6 Å². The van der Waals surface area contributed by atoms with Gasteiger partial charge in [0.05, 0.1) is 17.6 Å². The van der Waals surface area contributed by atoms with E-state index >= 15 is 0 Å². The van der Waals surface area contributed by atoms with Gasteiger partial charge in [0.2, 0.25) is 0 Å². The van der Waals surface area contributed by atoms with Crippen molar-refractivity contribution in [3.63, 3.8) is 0 Å². The Bertz CT molecular complexity index is 1110. The zero-order valence-electron chi connectivity index (χ0n) is 17.0. The van der Waals surface area contributed by atoms with Crippen LogP contribution in [0.15, 0.2) is 42.5 Å². The largest absolute Gasteiger partial charge is 0.497 e. The van der Waals surface area contributed by atoms with Crippen LogP contribution in [0, 0.1) is 0 Å². The second-order valence-electron chi connectivity index (χ2n) is 7.91. The molecule has 154 valence electrons. The Kier molecular flexibility index (Phi) is 4.99. The molecule has 0 unspecified atom stereocenters. The second-order valence-corrected chi connectivity index (χ2v) is 8.29. The molecular weight excluding hydrogens is 398 g/mol. The number of aromatic nitrogens is 1. The maximum absolute atomic E-state index is 13.1. The van der Waals surface area contributed by atoms with Gasteiger partial charge in [0.1, 0.15) is 5.75 Å². The predicted molar refractivity (Wildman–Crippen MR) is 120 cm³/mol. The first-order valence-electron chi connectivity index (χ1n) is 10.4. The highest BCUT2D eigenvalue weighted by molar-refractivity contribution is 6.36. The zero-order valence-corrected chi connectivity index (χ0v) is 17.8. The number of carbonyl (C=O) groups is 1. The molecule has 30 heavy (non-hydrogen) atoms. The average Bonchev–Trinajstić information content (AvgIpc) is 3.27. The molecule has 3 aromatic rings. The van der Waals surface area contributed by atoms with Crippen LogP contribution in [-0.4, -0.2) is 49.1 Å². The lowest BCUT2D eigenvalue weighted by Gasteiger charge is -2.36. The van der Waals surface area contributed by atoms with Crippen LogP contribution in [0.25, 0.3) is 10.9 Å². The van der Waals surface area contributed by atoms with Crippen LogP contribution in [-0.2, 0) is 12.8 Å². The van der Waals surface area contributed by atoms with Crippen LogP contribution in [0.5, 0.6) is 5.75 Å². The molecule has 6 heteroatoms. The van der Waals surface area contributed by atoms with Crippen molar-refractivity contribution >= 4 is 34.1 Å². The van der Waals surface area contributed by atoms with Crippen molar-refractivity contribution in [1.29, 1.82) is 0 Å². The van der Waals surface area contributed by atoms with E-state index < -0.39 is 0 Å². The average molecular weight is 422 g/mol. The molecule has 0 bridgehead atoms. The third-order valence-electron chi connectivity index (χ3n) is 6.19. The molecule has 0 atom stereocenters. The number of halogens is 1. The fourth-order valence-electron chi connectivity index (χ4n) is 4.48. The number of hydrogen-bond acceptors (Lipinski definition) is 4. The van der Waals surface area contributed by atoms with Gasteiger partial charge in [-0.15, -0.1) is 0 Å². The summed E-state index contributed by atoms with van der Waals surface area (Å²) in [6, 6.07) is 13.8. The van der Waals surface area contributed by atoms with Gasteiger partial charge in [-0.3, -0.25) is 9.78 Å². The van der Waals surface area contributed by atoms with Crippen molar-refractivity contribution in [3.8, 4) is 5.75 Å². The number of rotatable bonds is 3. The van der Waals surface area contributed by atoms with E-state index in [0.717, 1.165) is 65.4 Å². The summed E-state index contributed by atoms with van der Waals surface area (Å²) >= 11 is 6.61. The molecule has 0 N–H and O–H groups in total. The van der Waals surface area contributed by atoms with E-state index in [2.05, 4.69) is 17.0 Å². The number of hydrogen-bond donors (Lipinski definition) is 0. The molecule has 1 aliphatic heterocycles. The molecule has 2 aliphatic rings. The van der Waals surface area contributed by atoms with Crippen molar-refractivity contribution < 1.29 is 9.53 Å². The number of ether oxygens (including phenoxy) is 1. The fraction of sp³-hybridized carbons (Fsp3) is 0.333. The number of anilines is 1. The van der Waals surface area contributed by atoms with Gasteiger partial charge in [0.15, 0.2) is 0 Å². The summed E-state index contributed by atoms with van der Waals surface area (Å²) in [6.07, 6.45) is 3.06. The summed E-state index contributed by atoms with van der Waals surface area (Å²) in [5.41, 5.74) is 4.93. The zero-order chi connectivity index (χ0) is 20.7. The molecule has 2 heterocycles. The third-order valence-corrected chi connectivity index (χ3v) is 6.63. The lowest BCUT2D eigenvalue weighted by atomic mass is 10.1. The number of piperazine rings is 1. The number of nitrogens with zero attached hydrogens (tertiary/aromatic N) is 3. The van der Waals surface area contributed by atoms with Crippen LogP contribution in [0.3, 0.4) is 0 Å². The quantitative estimate of drug-likeness (QED) is 0.630. The van der Waals surface area contributed by atoms with Crippen LogP contribution in [0.2, 0.25) is 5.02 Å². The molecule has 1 aliphatic carbocycles. The minimum Gasteiger partial charge on any atom is -0.497 e. The number of methoxy groups -OCH3 is 1. The Morgan fingerprint density at radius 1 is 1.03 bits per heavy atom. The van der Waals surface area contributed by atoms with E-state index in [0.29, 0.717) is 18.7 Å². The van der Waals surface area contributed by atoms with Crippen molar-refractivity contribution in [2.75, 3.05) is 38.2 Å². The van der Waals surface area contributed by atoms with Crippen LogP contribution in [0.1, 0.15) is 28.0 Å². The van der Waals surface area contributed by atoms with Crippen LogP contribution in [0.4, 0.5) is 5.69 Å². The van der Waals surface area contributed by atoms with Gasteiger partial charge in [-0.1, -0.05) is 17.7 Å². The molecular formula is C24H24ClN3O2. The minimum absolute atomic E-state index is 0.0599. The summed E-state index contributed by atoms with van der Waals surface area (Å²) < 4.78 is 5.23. The van der Waals surface area contributed by atoms with Gasteiger partial charge >= 0.3 is 0 Å². The van der Waals surface area contributed by atoms with Gasteiger partial charge in [-0.05, 0) is 61.2 Å².